The molecule has 28 heavy (non-hydrogen) atoms. The van der Waals surface area contributed by atoms with Gasteiger partial charge in [0.2, 0.25) is 15.9 Å². The van der Waals surface area contributed by atoms with Crippen molar-refractivity contribution in [3.05, 3.63) is 34.9 Å². The molecule has 0 spiro atoms. The Labute approximate surface area is 172 Å². The van der Waals surface area contributed by atoms with Gasteiger partial charge in [-0.05, 0) is 56.7 Å². The maximum absolute atomic E-state index is 12.8. The third-order valence-electron chi connectivity index (χ3n) is 4.85. The minimum atomic E-state index is -3.69. The lowest BCUT2D eigenvalue weighted by molar-refractivity contribution is -0.122. The van der Waals surface area contributed by atoms with Crippen LogP contribution in [0.2, 0.25) is 5.02 Å². The number of hydrogen-bond acceptors (Lipinski definition) is 4. The first-order chi connectivity index (χ1) is 13.3. The third kappa shape index (κ3) is 5.88. The zero-order valence-electron chi connectivity index (χ0n) is 16.7. The van der Waals surface area contributed by atoms with Gasteiger partial charge in [-0.1, -0.05) is 30.2 Å². The van der Waals surface area contributed by atoms with Gasteiger partial charge in [0.1, 0.15) is 11.8 Å². The van der Waals surface area contributed by atoms with Crippen LogP contribution in [0.1, 0.15) is 45.4 Å². The number of nitrogens with one attached hydrogen (secondary N) is 1. The smallest absolute Gasteiger partial charge is 0.243 e. The van der Waals surface area contributed by atoms with Crippen LogP contribution >= 0.6 is 11.6 Å². The number of allylic oxidation sites excluding steroid dienone is 1. The van der Waals surface area contributed by atoms with Crippen LogP contribution in [0.25, 0.3) is 0 Å². The topological polar surface area (TPSA) is 75.7 Å². The lowest BCUT2D eigenvalue weighted by Crippen LogP contribution is -2.49. The number of benzene rings is 1. The fourth-order valence-corrected chi connectivity index (χ4v) is 4.90. The highest BCUT2D eigenvalue weighted by atomic mass is 35.5. The fraction of sp³-hybridized carbons (Fsp3) is 0.550. The Morgan fingerprint density at radius 1 is 1.36 bits per heavy atom. The Balaban J connectivity index is 2.16. The summed E-state index contributed by atoms with van der Waals surface area (Å²) in [6.45, 7) is 2.29. The Bertz CT molecular complexity index is 823. The molecule has 0 unspecified atom stereocenters. The number of nitrogens with zero attached hydrogens (tertiary/aromatic N) is 1. The molecule has 1 amide bonds. The summed E-state index contributed by atoms with van der Waals surface area (Å²) in [7, 11) is -2.21. The summed E-state index contributed by atoms with van der Waals surface area (Å²) in [4.78, 5) is 12.8. The molecule has 0 radical (unpaired) electrons. The maximum Gasteiger partial charge on any atom is 0.243 e. The fourth-order valence-electron chi connectivity index (χ4n) is 3.45. The second-order valence-electron chi connectivity index (χ2n) is 6.95. The van der Waals surface area contributed by atoms with Crippen LogP contribution in [0.5, 0.6) is 5.75 Å². The van der Waals surface area contributed by atoms with Crippen molar-refractivity contribution in [3.8, 4) is 5.75 Å². The molecule has 156 valence electrons. The van der Waals surface area contributed by atoms with Gasteiger partial charge < -0.3 is 10.1 Å². The van der Waals surface area contributed by atoms with Gasteiger partial charge in [0, 0.05) is 6.54 Å². The molecule has 1 aliphatic rings. The minimum Gasteiger partial charge on any atom is -0.495 e. The van der Waals surface area contributed by atoms with E-state index in [1.54, 1.807) is 19.1 Å². The zero-order valence-corrected chi connectivity index (χ0v) is 18.3. The van der Waals surface area contributed by atoms with Gasteiger partial charge in [-0.25, -0.2) is 8.42 Å². The first kappa shape index (κ1) is 22.6. The van der Waals surface area contributed by atoms with E-state index in [0.29, 0.717) is 24.4 Å². The van der Waals surface area contributed by atoms with E-state index in [9.17, 15) is 13.2 Å². The molecule has 8 heteroatoms. The third-order valence-corrected chi connectivity index (χ3v) is 6.33. The monoisotopic (exact) mass is 428 g/mol. The van der Waals surface area contributed by atoms with Crippen molar-refractivity contribution >= 4 is 33.2 Å². The summed E-state index contributed by atoms with van der Waals surface area (Å²) in [5, 5.41) is 3.18. The number of ether oxygens (including phenoxy) is 1. The number of rotatable bonds is 9. The van der Waals surface area contributed by atoms with E-state index in [-0.39, 0.29) is 10.9 Å². The molecule has 1 aliphatic carbocycles. The van der Waals surface area contributed by atoms with Gasteiger partial charge in [-0.3, -0.25) is 9.10 Å². The van der Waals surface area contributed by atoms with Gasteiger partial charge in [0.15, 0.2) is 0 Å². The van der Waals surface area contributed by atoms with Crippen molar-refractivity contribution < 1.29 is 17.9 Å². The van der Waals surface area contributed by atoms with Crippen molar-refractivity contribution in [1.82, 2.24) is 5.32 Å². The van der Waals surface area contributed by atoms with Crippen LogP contribution in [0.15, 0.2) is 29.8 Å². The maximum atomic E-state index is 12.8. The molecule has 6 nitrogen and oxygen atoms in total. The first-order valence-corrected chi connectivity index (χ1v) is 11.8. The highest BCUT2D eigenvalue weighted by Crippen LogP contribution is 2.31. The van der Waals surface area contributed by atoms with E-state index in [1.807, 2.05) is 0 Å². The SMILES string of the molecule is CC[C@H](C(=O)NCCC1=CCCCC1)N(c1ccc(OC)c(Cl)c1)S(C)(=O)=O. The summed E-state index contributed by atoms with van der Waals surface area (Å²) in [5.41, 5.74) is 1.70. The van der Waals surface area contributed by atoms with Crippen LogP contribution in [-0.4, -0.2) is 40.3 Å². The van der Waals surface area contributed by atoms with Crippen LogP contribution < -0.4 is 14.4 Å². The number of carbonyl (C=O) groups excluding carboxylic acids is 1. The number of sulfonamides is 1. The Morgan fingerprint density at radius 2 is 2.11 bits per heavy atom. The normalized spacial score (nSPS) is 15.5. The summed E-state index contributed by atoms with van der Waals surface area (Å²) < 4.78 is 31.2. The predicted molar refractivity (Wildman–Crippen MR) is 114 cm³/mol. The Hall–Kier alpha value is -1.73. The molecule has 0 aliphatic heterocycles. The van der Waals surface area contributed by atoms with E-state index in [1.165, 1.54) is 31.6 Å². The number of methoxy groups -OCH3 is 1. The van der Waals surface area contributed by atoms with Crippen molar-refractivity contribution in [2.45, 2.75) is 51.5 Å². The number of hydrogen-bond donors (Lipinski definition) is 1. The van der Waals surface area contributed by atoms with Crippen molar-refractivity contribution in [1.29, 1.82) is 0 Å². The van der Waals surface area contributed by atoms with Crippen molar-refractivity contribution in [2.24, 2.45) is 0 Å². The Morgan fingerprint density at radius 3 is 2.64 bits per heavy atom. The van der Waals surface area contributed by atoms with Gasteiger partial charge in [-0.15, -0.1) is 0 Å². The molecule has 0 saturated heterocycles. The van der Waals surface area contributed by atoms with E-state index >= 15 is 0 Å². The summed E-state index contributed by atoms with van der Waals surface area (Å²) in [6, 6.07) is 3.84. The van der Waals surface area contributed by atoms with E-state index < -0.39 is 16.1 Å². The molecule has 0 saturated carbocycles. The summed E-state index contributed by atoms with van der Waals surface area (Å²) >= 11 is 6.17. The molecule has 2 rings (SSSR count). The highest BCUT2D eigenvalue weighted by Gasteiger charge is 2.31. The summed E-state index contributed by atoms with van der Waals surface area (Å²) in [5.74, 6) is 0.133. The van der Waals surface area contributed by atoms with Gasteiger partial charge >= 0.3 is 0 Å². The molecule has 1 aromatic rings. The number of halogens is 1. The second kappa shape index (κ2) is 10.2. The Kier molecular flexibility index (Phi) is 8.19. The quantitative estimate of drug-likeness (QED) is 0.605. The van der Waals surface area contributed by atoms with Crippen LogP contribution in [0, 0.1) is 0 Å². The molecule has 1 N–H and O–H groups in total. The molecule has 0 bridgehead atoms. The van der Waals surface area contributed by atoms with Crippen molar-refractivity contribution in [2.75, 3.05) is 24.2 Å². The van der Waals surface area contributed by atoms with Crippen LogP contribution in [0.4, 0.5) is 5.69 Å². The lowest BCUT2D eigenvalue weighted by Gasteiger charge is -2.30. The summed E-state index contributed by atoms with van der Waals surface area (Å²) in [6.07, 6.45) is 9.07. The lowest BCUT2D eigenvalue weighted by atomic mass is 9.97. The average Bonchev–Trinajstić information content (AvgIpc) is 2.65. The number of amides is 1. The van der Waals surface area contributed by atoms with Gasteiger partial charge in [0.05, 0.1) is 24.1 Å². The molecular weight excluding hydrogens is 400 g/mol. The molecule has 0 fully saturated rings. The standard InChI is InChI=1S/C20H29ClN2O4S/c1-4-18(20(24)22-13-12-15-8-6-5-7-9-15)23(28(3,25)26)16-10-11-19(27-2)17(21)14-16/h8,10-11,14,18H,4-7,9,12-13H2,1-3H3,(H,22,24)/t18-/m1/s1. The highest BCUT2D eigenvalue weighted by molar-refractivity contribution is 7.92. The zero-order chi connectivity index (χ0) is 20.7. The second-order valence-corrected chi connectivity index (χ2v) is 9.22. The average molecular weight is 429 g/mol. The number of carbonyl (C=O) groups is 1. The van der Waals surface area contributed by atoms with Crippen molar-refractivity contribution in [3.63, 3.8) is 0 Å². The van der Waals surface area contributed by atoms with E-state index in [4.69, 9.17) is 16.3 Å². The molecule has 0 heterocycles. The van der Waals surface area contributed by atoms with E-state index in [2.05, 4.69) is 11.4 Å². The molecular formula is C20H29ClN2O4S. The first-order valence-electron chi connectivity index (χ1n) is 9.56. The molecule has 1 aromatic carbocycles. The molecule has 1 atom stereocenters. The van der Waals surface area contributed by atoms with E-state index in [0.717, 1.165) is 29.8 Å². The molecule has 0 aromatic heterocycles. The minimum absolute atomic E-state index is 0.285. The van der Waals surface area contributed by atoms with Gasteiger partial charge in [-0.2, -0.15) is 0 Å². The van der Waals surface area contributed by atoms with Crippen LogP contribution in [-0.2, 0) is 14.8 Å². The predicted octanol–water partition coefficient (Wildman–Crippen LogP) is 3.90. The largest absolute Gasteiger partial charge is 0.495 e. The van der Waals surface area contributed by atoms with Gasteiger partial charge in [0.25, 0.3) is 0 Å². The number of anilines is 1. The van der Waals surface area contributed by atoms with Crippen LogP contribution in [0.3, 0.4) is 0 Å².